The molecule has 0 fully saturated rings. The fourth-order valence-corrected chi connectivity index (χ4v) is 1.21. The predicted molar refractivity (Wildman–Crippen MR) is 62.9 cm³/mol. The van der Waals surface area contributed by atoms with Crippen LogP contribution in [0.4, 0.5) is 0 Å². The molecule has 0 aliphatic rings. The van der Waals surface area contributed by atoms with Gasteiger partial charge in [-0.25, -0.2) is 0 Å². The molecule has 90 valence electrons. The third-order valence-corrected chi connectivity index (χ3v) is 1.88. The van der Waals surface area contributed by atoms with Crippen molar-refractivity contribution in [2.45, 2.75) is 59.0 Å². The predicted octanol–water partition coefficient (Wildman–Crippen LogP) is 2.50. The van der Waals surface area contributed by atoms with E-state index in [-0.39, 0.29) is 11.6 Å². The van der Waals surface area contributed by atoms with Crippen LogP contribution in [0.2, 0.25) is 0 Å². The van der Waals surface area contributed by atoms with Gasteiger partial charge in [0.25, 0.3) is 0 Å². The van der Waals surface area contributed by atoms with Gasteiger partial charge in [0.1, 0.15) is 5.60 Å². The number of carbonyl (C=O) groups is 1. The maximum Gasteiger partial charge on any atom is 0.307 e. The Morgan fingerprint density at radius 1 is 1.20 bits per heavy atom. The summed E-state index contributed by atoms with van der Waals surface area (Å²) in [6.07, 6.45) is 4.13. The number of hydrogen-bond donors (Lipinski definition) is 1. The quantitative estimate of drug-likeness (QED) is 0.524. The Morgan fingerprint density at radius 2 is 1.87 bits per heavy atom. The van der Waals surface area contributed by atoms with Crippen LogP contribution in [0.25, 0.3) is 0 Å². The van der Waals surface area contributed by atoms with Gasteiger partial charge < -0.3 is 10.1 Å². The summed E-state index contributed by atoms with van der Waals surface area (Å²) in [5, 5.41) is 3.24. The minimum absolute atomic E-state index is 0.120. The van der Waals surface area contributed by atoms with Crippen molar-refractivity contribution in [1.29, 1.82) is 0 Å². The SMILES string of the molecule is CCCCCNCCC(=O)OC(C)(C)C. The van der Waals surface area contributed by atoms with E-state index in [1.165, 1.54) is 19.3 Å². The van der Waals surface area contributed by atoms with E-state index < -0.39 is 0 Å². The van der Waals surface area contributed by atoms with Crippen LogP contribution < -0.4 is 5.32 Å². The highest BCUT2D eigenvalue weighted by molar-refractivity contribution is 5.70. The van der Waals surface area contributed by atoms with Gasteiger partial charge in [0.2, 0.25) is 0 Å². The van der Waals surface area contributed by atoms with E-state index in [1.807, 2.05) is 20.8 Å². The molecule has 0 radical (unpaired) electrons. The zero-order valence-electron chi connectivity index (χ0n) is 10.6. The number of esters is 1. The molecular formula is C12H25NO2. The molecule has 0 aromatic carbocycles. The largest absolute Gasteiger partial charge is 0.460 e. The smallest absolute Gasteiger partial charge is 0.307 e. The number of rotatable bonds is 7. The lowest BCUT2D eigenvalue weighted by Gasteiger charge is -2.19. The van der Waals surface area contributed by atoms with E-state index >= 15 is 0 Å². The highest BCUT2D eigenvalue weighted by atomic mass is 16.6. The summed E-state index contributed by atoms with van der Waals surface area (Å²) in [7, 11) is 0. The fourth-order valence-electron chi connectivity index (χ4n) is 1.21. The Labute approximate surface area is 93.6 Å². The van der Waals surface area contributed by atoms with Crippen molar-refractivity contribution in [3.63, 3.8) is 0 Å². The molecule has 0 unspecified atom stereocenters. The molecule has 0 aromatic rings. The molecule has 0 aliphatic carbocycles. The summed E-state index contributed by atoms with van der Waals surface area (Å²) in [5.41, 5.74) is -0.362. The third kappa shape index (κ3) is 11.4. The van der Waals surface area contributed by atoms with E-state index in [2.05, 4.69) is 12.2 Å². The third-order valence-electron chi connectivity index (χ3n) is 1.88. The van der Waals surface area contributed by atoms with Crippen molar-refractivity contribution in [1.82, 2.24) is 5.32 Å². The zero-order chi connectivity index (χ0) is 11.7. The first kappa shape index (κ1) is 14.4. The maximum atomic E-state index is 11.3. The van der Waals surface area contributed by atoms with Crippen molar-refractivity contribution in [3.8, 4) is 0 Å². The first-order valence-corrected chi connectivity index (χ1v) is 5.88. The Kier molecular flexibility index (Phi) is 7.39. The van der Waals surface area contributed by atoms with Gasteiger partial charge in [0.15, 0.2) is 0 Å². The molecule has 0 aromatic heterocycles. The normalized spacial score (nSPS) is 11.5. The van der Waals surface area contributed by atoms with Gasteiger partial charge in [-0.15, -0.1) is 0 Å². The van der Waals surface area contributed by atoms with E-state index in [4.69, 9.17) is 4.74 Å². The standard InChI is InChI=1S/C12H25NO2/c1-5-6-7-9-13-10-8-11(14)15-12(2,3)4/h13H,5-10H2,1-4H3. The Balaban J connectivity index is 3.32. The summed E-state index contributed by atoms with van der Waals surface area (Å²) in [6, 6.07) is 0. The van der Waals surface area contributed by atoms with Crippen molar-refractivity contribution in [3.05, 3.63) is 0 Å². The molecule has 3 nitrogen and oxygen atoms in total. The van der Waals surface area contributed by atoms with Crippen LogP contribution in [0.3, 0.4) is 0 Å². The molecule has 0 aliphatic heterocycles. The fraction of sp³-hybridized carbons (Fsp3) is 0.917. The van der Waals surface area contributed by atoms with Crippen LogP contribution >= 0.6 is 0 Å². The van der Waals surface area contributed by atoms with Crippen LogP contribution in [0.5, 0.6) is 0 Å². The van der Waals surface area contributed by atoms with Gasteiger partial charge in [-0.1, -0.05) is 19.8 Å². The average molecular weight is 215 g/mol. The number of hydrogen-bond acceptors (Lipinski definition) is 3. The Bertz CT molecular complexity index is 173. The highest BCUT2D eigenvalue weighted by Gasteiger charge is 2.15. The summed E-state index contributed by atoms with van der Waals surface area (Å²) in [6.45, 7) is 9.56. The van der Waals surface area contributed by atoms with Gasteiger partial charge >= 0.3 is 5.97 Å². The molecule has 0 saturated heterocycles. The summed E-state index contributed by atoms with van der Waals surface area (Å²) >= 11 is 0. The van der Waals surface area contributed by atoms with E-state index in [1.54, 1.807) is 0 Å². The van der Waals surface area contributed by atoms with E-state index in [0.29, 0.717) is 6.42 Å². The van der Waals surface area contributed by atoms with E-state index in [0.717, 1.165) is 13.1 Å². The van der Waals surface area contributed by atoms with Crippen molar-refractivity contribution in [2.75, 3.05) is 13.1 Å². The zero-order valence-corrected chi connectivity index (χ0v) is 10.6. The molecule has 0 bridgehead atoms. The van der Waals surface area contributed by atoms with Crippen molar-refractivity contribution >= 4 is 5.97 Å². The monoisotopic (exact) mass is 215 g/mol. The van der Waals surface area contributed by atoms with E-state index in [9.17, 15) is 4.79 Å². The Morgan fingerprint density at radius 3 is 2.40 bits per heavy atom. The number of unbranched alkanes of at least 4 members (excludes halogenated alkanes) is 2. The highest BCUT2D eigenvalue weighted by Crippen LogP contribution is 2.07. The lowest BCUT2D eigenvalue weighted by Crippen LogP contribution is -2.27. The molecular weight excluding hydrogens is 190 g/mol. The van der Waals surface area contributed by atoms with Crippen LogP contribution in [0.1, 0.15) is 53.4 Å². The molecule has 0 spiro atoms. The van der Waals surface area contributed by atoms with Crippen LogP contribution in [0.15, 0.2) is 0 Å². The van der Waals surface area contributed by atoms with Crippen LogP contribution in [0, 0.1) is 0 Å². The molecule has 0 heterocycles. The van der Waals surface area contributed by atoms with Crippen molar-refractivity contribution in [2.24, 2.45) is 0 Å². The van der Waals surface area contributed by atoms with Crippen LogP contribution in [-0.2, 0) is 9.53 Å². The van der Waals surface area contributed by atoms with Gasteiger partial charge in [-0.05, 0) is 33.7 Å². The van der Waals surface area contributed by atoms with Gasteiger partial charge in [-0.3, -0.25) is 4.79 Å². The summed E-state index contributed by atoms with van der Waals surface area (Å²) in [5.74, 6) is -0.120. The molecule has 0 saturated carbocycles. The first-order valence-electron chi connectivity index (χ1n) is 5.88. The number of carbonyl (C=O) groups excluding carboxylic acids is 1. The molecule has 1 N–H and O–H groups in total. The van der Waals surface area contributed by atoms with Crippen LogP contribution in [-0.4, -0.2) is 24.7 Å². The lowest BCUT2D eigenvalue weighted by molar-refractivity contribution is -0.154. The number of nitrogens with one attached hydrogen (secondary N) is 1. The maximum absolute atomic E-state index is 11.3. The molecule has 3 heteroatoms. The second-order valence-electron chi connectivity index (χ2n) is 4.79. The molecule has 0 rings (SSSR count). The second kappa shape index (κ2) is 7.69. The minimum Gasteiger partial charge on any atom is -0.460 e. The van der Waals surface area contributed by atoms with Gasteiger partial charge in [0.05, 0.1) is 6.42 Å². The topological polar surface area (TPSA) is 38.3 Å². The first-order chi connectivity index (χ1) is 6.95. The lowest BCUT2D eigenvalue weighted by atomic mass is 10.2. The Hall–Kier alpha value is -0.570. The molecule has 15 heavy (non-hydrogen) atoms. The van der Waals surface area contributed by atoms with Gasteiger partial charge in [-0.2, -0.15) is 0 Å². The summed E-state index contributed by atoms with van der Waals surface area (Å²) < 4.78 is 5.19. The summed E-state index contributed by atoms with van der Waals surface area (Å²) in [4.78, 5) is 11.3. The molecule has 0 atom stereocenters. The van der Waals surface area contributed by atoms with Gasteiger partial charge in [0, 0.05) is 6.54 Å². The number of ether oxygens (including phenoxy) is 1. The van der Waals surface area contributed by atoms with Crippen molar-refractivity contribution < 1.29 is 9.53 Å². The second-order valence-corrected chi connectivity index (χ2v) is 4.79. The minimum atomic E-state index is -0.362. The molecule has 0 amide bonds. The average Bonchev–Trinajstić information content (AvgIpc) is 2.08.